The van der Waals surface area contributed by atoms with E-state index in [9.17, 15) is 32.4 Å². The molecule has 0 fully saturated rings. The summed E-state index contributed by atoms with van der Waals surface area (Å²) in [5.41, 5.74) is 1.99. The minimum Gasteiger partial charge on any atom is -0.460 e. The smallest absolute Gasteiger partial charge is 0.308 e. The maximum atomic E-state index is 14.4. The molecule has 1 aliphatic carbocycles. The average Bonchev–Trinajstić information content (AvgIpc) is 3.97. The molecule has 2 N–H and O–H groups in total. The van der Waals surface area contributed by atoms with Gasteiger partial charge in [-0.25, -0.2) is 13.1 Å². The molecule has 5 rings (SSSR count). The van der Waals surface area contributed by atoms with Gasteiger partial charge in [-0.1, -0.05) is 31.5 Å². The Bertz CT molecular complexity index is 2500. The molecule has 70 heavy (non-hydrogen) atoms. The standard InChI is InChI=1S/C50H67ClN6O11S2/c1-7-38(8-2)57(25-24-55(6)44(59)21-20-43(58)52-23-27-66-29-31-67-30-28-65-26-22-45(60)68-50(3,4)5)70(63,64)40-13-11-12-35(32-40)48(62)54-49-46(41-14-9-10-15-42(41)69-49)47(61)36-33-53-56(34-36)39-18-16-37(51)17-19-39/h11-13,16-19,32-34,38H,7-10,14-15,20-31H2,1-6H3,(H,52,58)(H,54,62). The molecule has 0 atom stereocenters. The first-order valence-electron chi connectivity index (χ1n) is 23.8. The van der Waals surface area contributed by atoms with Gasteiger partial charge < -0.3 is 34.5 Å². The van der Waals surface area contributed by atoms with Gasteiger partial charge in [0.2, 0.25) is 21.8 Å². The highest BCUT2D eigenvalue weighted by Crippen LogP contribution is 2.40. The van der Waals surface area contributed by atoms with Crippen molar-refractivity contribution in [2.75, 3.05) is 71.6 Å². The number of ketones is 1. The van der Waals surface area contributed by atoms with E-state index >= 15 is 0 Å². The van der Waals surface area contributed by atoms with Crippen LogP contribution in [0.3, 0.4) is 0 Å². The zero-order chi connectivity index (χ0) is 50.8. The zero-order valence-corrected chi connectivity index (χ0v) is 43.4. The second kappa shape index (κ2) is 27.0. The lowest BCUT2D eigenvalue weighted by Gasteiger charge is -2.31. The second-order valence-corrected chi connectivity index (χ2v) is 21.2. The summed E-state index contributed by atoms with van der Waals surface area (Å²) in [6.07, 6.45) is 7.57. The van der Waals surface area contributed by atoms with Crippen LogP contribution in [-0.2, 0) is 56.2 Å². The molecule has 382 valence electrons. The van der Waals surface area contributed by atoms with Crippen molar-refractivity contribution in [2.24, 2.45) is 0 Å². The molecule has 0 aliphatic heterocycles. The number of ether oxygens (including phenoxy) is 4. The van der Waals surface area contributed by atoms with Crippen molar-refractivity contribution in [3.8, 4) is 5.69 Å². The molecule has 2 aromatic carbocycles. The van der Waals surface area contributed by atoms with Gasteiger partial charge in [-0.3, -0.25) is 24.0 Å². The highest BCUT2D eigenvalue weighted by atomic mass is 35.5. The fraction of sp³-hybridized carbons (Fsp3) is 0.520. The van der Waals surface area contributed by atoms with E-state index < -0.39 is 27.6 Å². The van der Waals surface area contributed by atoms with Gasteiger partial charge in [0, 0.05) is 67.2 Å². The molecule has 1 aliphatic rings. The topological polar surface area (TPSA) is 205 Å². The number of amides is 3. The van der Waals surface area contributed by atoms with Crippen molar-refractivity contribution in [2.45, 2.75) is 109 Å². The molecular formula is C50H67ClN6O11S2. The molecule has 0 saturated heterocycles. The first-order valence-corrected chi connectivity index (χ1v) is 26.4. The normalized spacial score (nSPS) is 12.8. The molecule has 17 nitrogen and oxygen atoms in total. The fourth-order valence-electron chi connectivity index (χ4n) is 7.74. The van der Waals surface area contributed by atoms with Crippen molar-refractivity contribution in [3.63, 3.8) is 0 Å². The number of fused-ring (bicyclic) bond motifs is 1. The van der Waals surface area contributed by atoms with Crippen LogP contribution in [0.4, 0.5) is 5.00 Å². The van der Waals surface area contributed by atoms with Gasteiger partial charge in [0.25, 0.3) is 5.91 Å². The summed E-state index contributed by atoms with van der Waals surface area (Å²) in [6.45, 7) is 11.3. The van der Waals surface area contributed by atoms with Crippen LogP contribution in [0, 0.1) is 0 Å². The molecule has 0 unspecified atom stereocenters. The van der Waals surface area contributed by atoms with Gasteiger partial charge in [-0.15, -0.1) is 11.3 Å². The van der Waals surface area contributed by atoms with Crippen LogP contribution in [0.2, 0.25) is 5.02 Å². The van der Waals surface area contributed by atoms with Crippen molar-refractivity contribution in [1.82, 2.24) is 24.3 Å². The van der Waals surface area contributed by atoms with Crippen molar-refractivity contribution < 1.29 is 51.3 Å². The third-order valence-electron chi connectivity index (χ3n) is 11.4. The Balaban J connectivity index is 1.10. The maximum absolute atomic E-state index is 14.4. The first kappa shape index (κ1) is 55.9. The number of sulfonamides is 1. The molecule has 0 saturated carbocycles. The Morgan fingerprint density at radius 3 is 2.21 bits per heavy atom. The lowest BCUT2D eigenvalue weighted by atomic mass is 9.92. The van der Waals surface area contributed by atoms with Crippen molar-refractivity contribution in [3.05, 3.63) is 93.1 Å². The number of likely N-dealkylation sites (N-methyl/N-ethyl adjacent to an activating group) is 1. The van der Waals surface area contributed by atoms with Gasteiger partial charge in [-0.2, -0.15) is 9.40 Å². The van der Waals surface area contributed by atoms with Crippen LogP contribution in [0.5, 0.6) is 0 Å². The Kier molecular flexibility index (Phi) is 21.5. The first-order chi connectivity index (χ1) is 33.4. The Labute approximate surface area is 420 Å². The zero-order valence-electron chi connectivity index (χ0n) is 41.1. The predicted molar refractivity (Wildman–Crippen MR) is 268 cm³/mol. The van der Waals surface area contributed by atoms with E-state index in [-0.39, 0.29) is 86.1 Å². The monoisotopic (exact) mass is 1030 g/mol. The summed E-state index contributed by atoms with van der Waals surface area (Å²) in [6, 6.07) is 12.5. The van der Waals surface area contributed by atoms with Gasteiger partial charge in [-0.05, 0) is 107 Å². The van der Waals surface area contributed by atoms with Crippen LogP contribution >= 0.6 is 22.9 Å². The van der Waals surface area contributed by atoms with Crippen LogP contribution in [0.25, 0.3) is 5.69 Å². The minimum atomic E-state index is -4.17. The van der Waals surface area contributed by atoms with Gasteiger partial charge in [0.1, 0.15) is 10.6 Å². The third kappa shape index (κ3) is 16.5. The van der Waals surface area contributed by atoms with Crippen LogP contribution in [-0.4, -0.2) is 135 Å². The Morgan fingerprint density at radius 2 is 1.53 bits per heavy atom. The van der Waals surface area contributed by atoms with E-state index in [1.165, 1.54) is 51.0 Å². The van der Waals surface area contributed by atoms with E-state index in [2.05, 4.69) is 15.7 Å². The largest absolute Gasteiger partial charge is 0.460 e. The quantitative estimate of drug-likeness (QED) is 0.0328. The van der Waals surface area contributed by atoms with Crippen LogP contribution in [0.15, 0.2) is 65.8 Å². The van der Waals surface area contributed by atoms with Crippen LogP contribution < -0.4 is 10.6 Å². The summed E-state index contributed by atoms with van der Waals surface area (Å²) in [5, 5.41) is 11.1. The molecular weight excluding hydrogens is 960 g/mol. The molecule has 4 aromatic rings. The molecule has 2 heterocycles. The molecule has 0 spiro atoms. The number of nitrogens with zero attached hydrogens (tertiary/aromatic N) is 4. The van der Waals surface area contributed by atoms with Gasteiger partial charge in [0.15, 0.2) is 5.78 Å². The van der Waals surface area contributed by atoms with E-state index in [4.69, 9.17) is 30.5 Å². The van der Waals surface area contributed by atoms with E-state index in [1.54, 1.807) is 42.2 Å². The van der Waals surface area contributed by atoms with E-state index in [1.807, 2.05) is 34.6 Å². The summed E-state index contributed by atoms with van der Waals surface area (Å²) in [7, 11) is -2.60. The molecule has 2 aromatic heterocycles. The number of nitrogens with one attached hydrogen (secondary N) is 2. The van der Waals surface area contributed by atoms with E-state index in [0.29, 0.717) is 66.8 Å². The maximum Gasteiger partial charge on any atom is 0.308 e. The number of carbonyl (C=O) groups is 5. The number of esters is 1. The second-order valence-electron chi connectivity index (χ2n) is 17.8. The van der Waals surface area contributed by atoms with E-state index in [0.717, 1.165) is 35.4 Å². The fourth-order valence-corrected chi connectivity index (χ4v) is 11.0. The number of thiophene rings is 1. The summed E-state index contributed by atoms with van der Waals surface area (Å²) < 4.78 is 53.4. The van der Waals surface area contributed by atoms with Crippen molar-refractivity contribution in [1.29, 1.82) is 0 Å². The number of benzene rings is 2. The highest BCUT2D eigenvalue weighted by molar-refractivity contribution is 7.89. The Morgan fingerprint density at radius 1 is 0.857 bits per heavy atom. The number of carbonyl (C=O) groups excluding carboxylic acids is 5. The lowest BCUT2D eigenvalue weighted by Crippen LogP contribution is -2.44. The average molecular weight is 1030 g/mol. The molecule has 0 radical (unpaired) electrons. The Hall–Kier alpha value is -5.02. The SMILES string of the molecule is CCC(CC)N(CCN(C)C(=O)CCC(=O)NCCOCCOCCOCCC(=O)OC(C)(C)C)S(=O)(=O)c1cccc(C(=O)Nc2sc3c(c2C(=O)c2cnn(-c4ccc(Cl)cc4)c2)CCCC3)c1. The number of rotatable bonds is 28. The number of aromatic nitrogens is 2. The number of hydrogen-bond donors (Lipinski definition) is 2. The lowest BCUT2D eigenvalue weighted by molar-refractivity contribution is -0.156. The third-order valence-corrected chi connectivity index (χ3v) is 14.9. The molecule has 20 heteroatoms. The highest BCUT2D eigenvalue weighted by Gasteiger charge is 2.32. The predicted octanol–water partition coefficient (Wildman–Crippen LogP) is 7.27. The molecule has 0 bridgehead atoms. The van der Waals surface area contributed by atoms with Gasteiger partial charge >= 0.3 is 5.97 Å². The number of halogens is 1. The summed E-state index contributed by atoms with van der Waals surface area (Å²) in [5.74, 6) is -1.79. The number of hydrogen-bond acceptors (Lipinski definition) is 13. The summed E-state index contributed by atoms with van der Waals surface area (Å²) >= 11 is 7.44. The summed E-state index contributed by atoms with van der Waals surface area (Å²) in [4.78, 5) is 67.9. The number of aryl methyl sites for hydroxylation is 1. The van der Waals surface area contributed by atoms with Gasteiger partial charge in [0.05, 0.1) is 74.0 Å². The minimum absolute atomic E-state index is 0.0114. The van der Waals surface area contributed by atoms with Crippen LogP contribution in [0.1, 0.15) is 116 Å². The number of anilines is 1. The molecule has 3 amide bonds. The van der Waals surface area contributed by atoms with Crippen molar-refractivity contribution >= 4 is 67.4 Å².